The lowest BCUT2D eigenvalue weighted by Crippen LogP contribution is -2.18. The molecule has 1 nitrogen and oxygen atoms in total. The molecular formula is C18H27NS. The van der Waals surface area contributed by atoms with Crippen molar-refractivity contribution >= 4 is 17.8 Å². The van der Waals surface area contributed by atoms with Crippen molar-refractivity contribution in [2.75, 3.05) is 25.4 Å². The zero-order valence-electron chi connectivity index (χ0n) is 12.8. The van der Waals surface area contributed by atoms with E-state index in [0.717, 1.165) is 12.5 Å². The van der Waals surface area contributed by atoms with Crippen LogP contribution >= 0.6 is 11.8 Å². The van der Waals surface area contributed by atoms with Crippen LogP contribution in [-0.4, -0.2) is 30.3 Å². The number of hydrogen-bond acceptors (Lipinski definition) is 2. The van der Waals surface area contributed by atoms with E-state index < -0.39 is 0 Å². The second-order valence-electron chi connectivity index (χ2n) is 6.01. The van der Waals surface area contributed by atoms with Gasteiger partial charge in [0.25, 0.3) is 0 Å². The smallest absolute Gasteiger partial charge is 0.0166 e. The zero-order chi connectivity index (χ0) is 14.2. The summed E-state index contributed by atoms with van der Waals surface area (Å²) < 4.78 is 0. The Morgan fingerprint density at radius 3 is 2.50 bits per heavy atom. The number of rotatable bonds is 7. The topological polar surface area (TPSA) is 3.24 Å². The van der Waals surface area contributed by atoms with E-state index in [1.807, 2.05) is 11.8 Å². The van der Waals surface area contributed by atoms with E-state index >= 15 is 0 Å². The Labute approximate surface area is 128 Å². The van der Waals surface area contributed by atoms with Crippen molar-refractivity contribution in [2.45, 2.75) is 38.0 Å². The average Bonchev–Trinajstić information content (AvgIpc) is 2.93. The average molecular weight is 289 g/mol. The first-order chi connectivity index (χ1) is 9.74. The lowest BCUT2D eigenvalue weighted by atomic mass is 10.2. The van der Waals surface area contributed by atoms with Gasteiger partial charge in [0.05, 0.1) is 0 Å². The van der Waals surface area contributed by atoms with Crippen LogP contribution in [0.25, 0.3) is 6.08 Å². The molecule has 0 atom stereocenters. The fourth-order valence-electron chi connectivity index (χ4n) is 2.39. The molecule has 0 bridgehead atoms. The first kappa shape index (κ1) is 15.7. The van der Waals surface area contributed by atoms with Gasteiger partial charge in [-0.15, -0.1) is 11.8 Å². The fraction of sp³-hybridized carbons (Fsp3) is 0.556. The largest absolute Gasteiger partial charge is 0.300 e. The van der Waals surface area contributed by atoms with Crippen LogP contribution in [0, 0.1) is 5.92 Å². The van der Waals surface area contributed by atoms with Crippen molar-refractivity contribution in [3.8, 4) is 0 Å². The molecule has 0 aromatic heterocycles. The van der Waals surface area contributed by atoms with Crippen LogP contribution in [0.5, 0.6) is 0 Å². The maximum atomic E-state index is 2.52. The normalized spacial score (nSPS) is 16.6. The SMILES string of the molecule is CC(C)CCSc1ccc(C=CCN2CCCC2)cc1. The Morgan fingerprint density at radius 2 is 1.85 bits per heavy atom. The number of benzene rings is 1. The van der Waals surface area contributed by atoms with Crippen LogP contribution in [0.2, 0.25) is 0 Å². The highest BCUT2D eigenvalue weighted by Gasteiger charge is 2.08. The molecular weight excluding hydrogens is 262 g/mol. The summed E-state index contributed by atoms with van der Waals surface area (Å²) in [6.07, 6.45) is 8.58. The maximum Gasteiger partial charge on any atom is 0.0166 e. The van der Waals surface area contributed by atoms with Crippen LogP contribution in [0.15, 0.2) is 35.2 Å². The second kappa shape index (κ2) is 8.53. The molecule has 0 unspecified atom stereocenters. The Balaban J connectivity index is 1.74. The zero-order valence-corrected chi connectivity index (χ0v) is 13.7. The maximum absolute atomic E-state index is 2.52. The van der Waals surface area contributed by atoms with E-state index in [1.54, 1.807) is 0 Å². The van der Waals surface area contributed by atoms with Crippen LogP contribution in [0.3, 0.4) is 0 Å². The summed E-state index contributed by atoms with van der Waals surface area (Å²) in [4.78, 5) is 3.91. The van der Waals surface area contributed by atoms with Crippen molar-refractivity contribution < 1.29 is 0 Å². The van der Waals surface area contributed by atoms with Gasteiger partial charge in [0.2, 0.25) is 0 Å². The highest BCUT2D eigenvalue weighted by molar-refractivity contribution is 7.99. The summed E-state index contributed by atoms with van der Waals surface area (Å²) in [5.41, 5.74) is 1.32. The molecule has 0 aliphatic carbocycles. The third kappa shape index (κ3) is 5.72. The third-order valence-corrected chi connectivity index (χ3v) is 4.76. The van der Waals surface area contributed by atoms with Gasteiger partial charge in [-0.3, -0.25) is 4.90 Å². The molecule has 20 heavy (non-hydrogen) atoms. The summed E-state index contributed by atoms with van der Waals surface area (Å²) in [7, 11) is 0. The monoisotopic (exact) mass is 289 g/mol. The Hall–Kier alpha value is -0.730. The minimum Gasteiger partial charge on any atom is -0.300 e. The van der Waals surface area contributed by atoms with Crippen LogP contribution in [-0.2, 0) is 0 Å². The summed E-state index contributed by atoms with van der Waals surface area (Å²) >= 11 is 1.97. The minimum atomic E-state index is 0.801. The summed E-state index contributed by atoms with van der Waals surface area (Å²) in [6.45, 7) is 8.22. The number of nitrogens with zero attached hydrogens (tertiary/aromatic N) is 1. The number of hydrogen-bond donors (Lipinski definition) is 0. The molecule has 0 N–H and O–H groups in total. The molecule has 2 rings (SSSR count). The van der Waals surface area contributed by atoms with Crippen LogP contribution in [0.4, 0.5) is 0 Å². The van der Waals surface area contributed by atoms with Gasteiger partial charge in [-0.1, -0.05) is 38.1 Å². The van der Waals surface area contributed by atoms with Gasteiger partial charge in [-0.2, -0.15) is 0 Å². The number of thioether (sulfide) groups is 1. The quantitative estimate of drug-likeness (QED) is 0.654. The molecule has 1 aliphatic rings. The lowest BCUT2D eigenvalue weighted by molar-refractivity contribution is 0.378. The highest BCUT2D eigenvalue weighted by Crippen LogP contribution is 2.21. The van der Waals surface area contributed by atoms with Crippen molar-refractivity contribution in [3.63, 3.8) is 0 Å². The van der Waals surface area contributed by atoms with Crippen LogP contribution < -0.4 is 0 Å². The first-order valence-corrected chi connectivity index (χ1v) is 8.84. The lowest BCUT2D eigenvalue weighted by Gasteiger charge is -2.10. The van der Waals surface area contributed by atoms with Gasteiger partial charge in [0.1, 0.15) is 0 Å². The predicted molar refractivity (Wildman–Crippen MR) is 91.3 cm³/mol. The van der Waals surface area contributed by atoms with Gasteiger partial charge < -0.3 is 0 Å². The van der Waals surface area contributed by atoms with Crippen molar-refractivity contribution in [3.05, 3.63) is 35.9 Å². The fourth-order valence-corrected chi connectivity index (χ4v) is 3.54. The molecule has 1 aliphatic heterocycles. The molecule has 0 radical (unpaired) electrons. The summed E-state index contributed by atoms with van der Waals surface area (Å²) in [5, 5.41) is 0. The molecule has 1 fully saturated rings. The molecule has 0 saturated carbocycles. The van der Waals surface area contributed by atoms with Gasteiger partial charge in [0.15, 0.2) is 0 Å². The van der Waals surface area contributed by atoms with E-state index in [2.05, 4.69) is 55.2 Å². The molecule has 1 aromatic rings. The Morgan fingerprint density at radius 1 is 1.15 bits per heavy atom. The van der Waals surface area contributed by atoms with E-state index in [0.29, 0.717) is 0 Å². The van der Waals surface area contributed by atoms with Crippen LogP contribution in [0.1, 0.15) is 38.7 Å². The van der Waals surface area contributed by atoms with Gasteiger partial charge in [-0.05, 0) is 61.7 Å². The van der Waals surface area contributed by atoms with E-state index in [-0.39, 0.29) is 0 Å². The third-order valence-electron chi connectivity index (χ3n) is 3.72. The van der Waals surface area contributed by atoms with Gasteiger partial charge >= 0.3 is 0 Å². The van der Waals surface area contributed by atoms with E-state index in [1.165, 1.54) is 48.6 Å². The van der Waals surface area contributed by atoms with Crippen molar-refractivity contribution in [1.29, 1.82) is 0 Å². The van der Waals surface area contributed by atoms with Crippen molar-refractivity contribution in [2.24, 2.45) is 5.92 Å². The molecule has 1 saturated heterocycles. The second-order valence-corrected chi connectivity index (χ2v) is 7.18. The van der Waals surface area contributed by atoms with E-state index in [9.17, 15) is 0 Å². The predicted octanol–water partition coefficient (Wildman–Crippen LogP) is 4.93. The molecule has 1 aromatic carbocycles. The standard InChI is InChI=1S/C18H27NS/c1-16(2)11-15-20-18-9-7-17(8-10-18)6-5-14-19-12-3-4-13-19/h5-10,16H,3-4,11-15H2,1-2H3. The molecule has 0 amide bonds. The van der Waals surface area contributed by atoms with Crippen molar-refractivity contribution in [1.82, 2.24) is 4.90 Å². The first-order valence-electron chi connectivity index (χ1n) is 7.86. The summed E-state index contributed by atoms with van der Waals surface area (Å²) in [5.74, 6) is 2.03. The Bertz CT molecular complexity index is 402. The molecule has 110 valence electrons. The van der Waals surface area contributed by atoms with E-state index in [4.69, 9.17) is 0 Å². The number of likely N-dealkylation sites (tertiary alicyclic amines) is 1. The van der Waals surface area contributed by atoms with Gasteiger partial charge in [0, 0.05) is 11.4 Å². The highest BCUT2D eigenvalue weighted by atomic mass is 32.2. The molecule has 2 heteroatoms. The summed E-state index contributed by atoms with van der Waals surface area (Å²) in [6, 6.07) is 8.97. The van der Waals surface area contributed by atoms with Gasteiger partial charge in [-0.25, -0.2) is 0 Å². The molecule has 1 heterocycles. The minimum absolute atomic E-state index is 0.801. The molecule has 0 spiro atoms. The Kier molecular flexibility index (Phi) is 6.68.